The molecule has 2 rings (SSSR count). The largest absolute Gasteiger partial charge is 0.497 e. The summed E-state index contributed by atoms with van der Waals surface area (Å²) in [5.74, 6) is 4.94. The zero-order valence-electron chi connectivity index (χ0n) is 13.1. The topological polar surface area (TPSA) is 51.5 Å². The maximum absolute atomic E-state index is 11.7. The van der Waals surface area contributed by atoms with Gasteiger partial charge in [-0.05, 0) is 29.8 Å². The van der Waals surface area contributed by atoms with Gasteiger partial charge in [0.05, 0.1) is 24.9 Å². The maximum Gasteiger partial charge on any atom is 0.230 e. The summed E-state index contributed by atoms with van der Waals surface area (Å²) in [6, 6.07) is 11.8. The second-order valence-electron chi connectivity index (χ2n) is 4.82. The fourth-order valence-corrected chi connectivity index (χ4v) is 3.44. The Balaban J connectivity index is 1.51. The van der Waals surface area contributed by atoms with Crippen molar-refractivity contribution in [1.29, 1.82) is 0 Å². The van der Waals surface area contributed by atoms with Crippen LogP contribution in [0.1, 0.15) is 11.3 Å². The molecule has 0 spiro atoms. The number of ether oxygens (including phenoxy) is 1. The van der Waals surface area contributed by atoms with Crippen LogP contribution in [0.5, 0.6) is 5.75 Å². The molecule has 0 saturated heterocycles. The quantitative estimate of drug-likeness (QED) is 0.663. The van der Waals surface area contributed by atoms with Gasteiger partial charge in [-0.3, -0.25) is 4.79 Å². The first kappa shape index (κ1) is 17.8. The highest BCUT2D eigenvalue weighted by Gasteiger charge is 2.02. The fourth-order valence-electron chi connectivity index (χ4n) is 1.86. The lowest BCUT2D eigenvalue weighted by molar-refractivity contribution is -0.118. The molecule has 4 nitrogen and oxygen atoms in total. The molecule has 0 fully saturated rings. The number of hydrogen-bond donors (Lipinski definition) is 1. The summed E-state index contributed by atoms with van der Waals surface area (Å²) in [6.45, 7) is 0.688. The van der Waals surface area contributed by atoms with Crippen molar-refractivity contribution < 1.29 is 13.9 Å². The van der Waals surface area contributed by atoms with Gasteiger partial charge in [0.25, 0.3) is 0 Å². The van der Waals surface area contributed by atoms with Gasteiger partial charge in [-0.15, -0.1) is 11.8 Å². The molecule has 23 heavy (non-hydrogen) atoms. The predicted octanol–water partition coefficient (Wildman–Crippen LogP) is 3.57. The Bertz CT molecular complexity index is 570. The first-order chi connectivity index (χ1) is 11.3. The maximum atomic E-state index is 11.7. The SMILES string of the molecule is COc1ccc(CSCC(=O)NCCSCc2ccco2)cc1. The third kappa shape index (κ3) is 7.05. The van der Waals surface area contributed by atoms with E-state index >= 15 is 0 Å². The standard InChI is InChI=1S/C17H21NO3S2/c1-20-15-6-4-14(5-7-15)11-23-13-17(19)18-8-10-22-12-16-3-2-9-21-16/h2-7,9H,8,10-13H2,1H3,(H,18,19). The molecular weight excluding hydrogens is 330 g/mol. The van der Waals surface area contributed by atoms with E-state index in [0.717, 1.165) is 28.8 Å². The minimum absolute atomic E-state index is 0.0853. The van der Waals surface area contributed by atoms with Gasteiger partial charge in [0.15, 0.2) is 0 Å². The average molecular weight is 351 g/mol. The van der Waals surface area contributed by atoms with Gasteiger partial charge < -0.3 is 14.5 Å². The lowest BCUT2D eigenvalue weighted by Crippen LogP contribution is -2.27. The van der Waals surface area contributed by atoms with E-state index in [0.29, 0.717) is 12.3 Å². The Hall–Kier alpha value is -1.53. The summed E-state index contributed by atoms with van der Waals surface area (Å²) in [5.41, 5.74) is 1.19. The molecule has 1 aromatic carbocycles. The number of carbonyl (C=O) groups is 1. The molecule has 1 N–H and O–H groups in total. The van der Waals surface area contributed by atoms with Crippen LogP contribution in [0.2, 0.25) is 0 Å². The van der Waals surface area contributed by atoms with Gasteiger partial charge >= 0.3 is 0 Å². The van der Waals surface area contributed by atoms with E-state index in [-0.39, 0.29) is 5.91 Å². The van der Waals surface area contributed by atoms with Crippen LogP contribution >= 0.6 is 23.5 Å². The summed E-state index contributed by atoms with van der Waals surface area (Å²) in [7, 11) is 1.65. The smallest absolute Gasteiger partial charge is 0.230 e. The summed E-state index contributed by atoms with van der Waals surface area (Å²) < 4.78 is 10.4. The molecule has 1 heterocycles. The van der Waals surface area contributed by atoms with Crippen molar-refractivity contribution in [1.82, 2.24) is 5.32 Å². The van der Waals surface area contributed by atoms with Crippen LogP contribution in [-0.4, -0.2) is 31.1 Å². The van der Waals surface area contributed by atoms with E-state index < -0.39 is 0 Å². The van der Waals surface area contributed by atoms with E-state index in [4.69, 9.17) is 9.15 Å². The molecule has 1 aromatic heterocycles. The lowest BCUT2D eigenvalue weighted by Gasteiger charge is -2.05. The Morgan fingerprint density at radius 1 is 1.17 bits per heavy atom. The summed E-state index contributed by atoms with van der Waals surface area (Å²) in [4.78, 5) is 11.7. The van der Waals surface area contributed by atoms with Crippen molar-refractivity contribution in [3.63, 3.8) is 0 Å². The van der Waals surface area contributed by atoms with Crippen LogP contribution in [0.15, 0.2) is 47.1 Å². The Kier molecular flexibility index (Phi) is 7.97. The van der Waals surface area contributed by atoms with Crippen molar-refractivity contribution >= 4 is 29.4 Å². The number of nitrogens with one attached hydrogen (secondary N) is 1. The Morgan fingerprint density at radius 2 is 2.00 bits per heavy atom. The van der Waals surface area contributed by atoms with E-state index in [1.54, 1.807) is 36.9 Å². The minimum Gasteiger partial charge on any atom is -0.497 e. The van der Waals surface area contributed by atoms with Crippen LogP contribution in [0.4, 0.5) is 0 Å². The molecule has 6 heteroatoms. The van der Waals surface area contributed by atoms with Crippen LogP contribution < -0.4 is 10.1 Å². The molecule has 0 bridgehead atoms. The van der Waals surface area contributed by atoms with Crippen molar-refractivity contribution in [2.75, 3.05) is 25.2 Å². The molecular formula is C17H21NO3S2. The molecule has 0 unspecified atom stereocenters. The fraction of sp³-hybridized carbons (Fsp3) is 0.353. The zero-order chi connectivity index (χ0) is 16.3. The number of carbonyl (C=O) groups excluding carboxylic acids is 1. The van der Waals surface area contributed by atoms with Gasteiger partial charge in [-0.1, -0.05) is 12.1 Å². The molecule has 0 aliphatic heterocycles. The average Bonchev–Trinajstić information content (AvgIpc) is 3.08. The minimum atomic E-state index is 0.0853. The normalized spacial score (nSPS) is 10.5. The molecule has 0 aliphatic rings. The van der Waals surface area contributed by atoms with Gasteiger partial charge in [0, 0.05) is 18.1 Å². The molecule has 2 aromatic rings. The first-order valence-corrected chi connectivity index (χ1v) is 9.66. The number of benzene rings is 1. The number of hydrogen-bond acceptors (Lipinski definition) is 5. The van der Waals surface area contributed by atoms with Crippen LogP contribution in [0.25, 0.3) is 0 Å². The Labute approximate surface area is 145 Å². The second-order valence-corrected chi connectivity index (χ2v) is 6.91. The highest BCUT2D eigenvalue weighted by atomic mass is 32.2. The zero-order valence-corrected chi connectivity index (χ0v) is 14.8. The third-order valence-electron chi connectivity index (χ3n) is 3.05. The highest BCUT2D eigenvalue weighted by molar-refractivity contribution is 7.99. The molecule has 124 valence electrons. The molecule has 0 radical (unpaired) electrons. The first-order valence-electron chi connectivity index (χ1n) is 7.35. The van der Waals surface area contributed by atoms with E-state index in [1.807, 2.05) is 36.4 Å². The second kappa shape index (κ2) is 10.3. The monoisotopic (exact) mass is 351 g/mol. The van der Waals surface area contributed by atoms with Crippen molar-refractivity contribution in [2.24, 2.45) is 0 Å². The number of methoxy groups -OCH3 is 1. The number of thioether (sulfide) groups is 2. The van der Waals surface area contributed by atoms with Crippen molar-refractivity contribution in [2.45, 2.75) is 11.5 Å². The summed E-state index contributed by atoms with van der Waals surface area (Å²) >= 11 is 3.37. The van der Waals surface area contributed by atoms with Crippen LogP contribution in [0, 0.1) is 0 Å². The molecule has 0 saturated carbocycles. The molecule has 0 aliphatic carbocycles. The van der Waals surface area contributed by atoms with Gasteiger partial charge in [-0.2, -0.15) is 11.8 Å². The molecule has 0 atom stereocenters. The molecule has 1 amide bonds. The third-order valence-corrected chi connectivity index (χ3v) is 5.04. The highest BCUT2D eigenvalue weighted by Crippen LogP contribution is 2.16. The number of amides is 1. The van der Waals surface area contributed by atoms with Gasteiger partial charge in [-0.25, -0.2) is 0 Å². The number of rotatable bonds is 10. The Morgan fingerprint density at radius 3 is 2.70 bits per heavy atom. The lowest BCUT2D eigenvalue weighted by atomic mass is 10.2. The predicted molar refractivity (Wildman–Crippen MR) is 97.0 cm³/mol. The van der Waals surface area contributed by atoms with Gasteiger partial charge in [0.1, 0.15) is 11.5 Å². The van der Waals surface area contributed by atoms with Gasteiger partial charge in [0.2, 0.25) is 5.91 Å². The summed E-state index contributed by atoms with van der Waals surface area (Å²) in [5, 5.41) is 2.94. The van der Waals surface area contributed by atoms with Crippen molar-refractivity contribution in [3.05, 3.63) is 54.0 Å². The van der Waals surface area contributed by atoms with E-state index in [1.165, 1.54) is 5.56 Å². The van der Waals surface area contributed by atoms with E-state index in [9.17, 15) is 4.79 Å². The number of furan rings is 1. The summed E-state index contributed by atoms with van der Waals surface area (Å²) in [6.07, 6.45) is 1.68. The van der Waals surface area contributed by atoms with E-state index in [2.05, 4.69) is 5.32 Å². The van der Waals surface area contributed by atoms with Crippen LogP contribution in [0.3, 0.4) is 0 Å². The van der Waals surface area contributed by atoms with Crippen molar-refractivity contribution in [3.8, 4) is 5.75 Å². The van der Waals surface area contributed by atoms with Crippen LogP contribution in [-0.2, 0) is 16.3 Å².